The summed E-state index contributed by atoms with van der Waals surface area (Å²) in [5.41, 5.74) is 1.52. The van der Waals surface area contributed by atoms with Crippen molar-refractivity contribution in [2.75, 3.05) is 0 Å². The zero-order valence-electron chi connectivity index (χ0n) is 13.7. The van der Waals surface area contributed by atoms with Gasteiger partial charge in [-0.25, -0.2) is 0 Å². The van der Waals surface area contributed by atoms with Crippen LogP contribution in [-0.4, -0.2) is 39.8 Å². The molecule has 1 radical (unpaired) electrons. The first-order valence-corrected chi connectivity index (χ1v) is 8.95. The van der Waals surface area contributed by atoms with E-state index in [4.69, 9.17) is 27.4 Å². The number of rotatable bonds is 2. The van der Waals surface area contributed by atoms with E-state index in [9.17, 15) is 10.2 Å². The standard InChI is InChI=1S/C19H12Cl2O3S.Na/c20-14-9-11(5-7-16(14)22)19(12-6-8-17(23)15(21)10-12)13-3-1-2-4-18(13)25-24-19;/h1-10,22-23H;. The van der Waals surface area contributed by atoms with Gasteiger partial charge in [0.15, 0.2) is 5.60 Å². The van der Waals surface area contributed by atoms with E-state index in [1.807, 2.05) is 24.3 Å². The van der Waals surface area contributed by atoms with Gasteiger partial charge >= 0.3 is 0 Å². The summed E-state index contributed by atoms with van der Waals surface area (Å²) in [4.78, 5) is 0.982. The third-order valence-corrected chi connectivity index (χ3v) is 5.71. The van der Waals surface area contributed by atoms with Gasteiger partial charge in [-0.3, -0.25) is 4.18 Å². The Morgan fingerprint density at radius 3 is 1.88 bits per heavy atom. The smallest absolute Gasteiger partial charge is 0.160 e. The fraction of sp³-hybridized carbons (Fsp3) is 0.0526. The molecule has 1 aliphatic heterocycles. The molecule has 0 saturated heterocycles. The van der Waals surface area contributed by atoms with Crippen LogP contribution in [0.5, 0.6) is 11.5 Å². The van der Waals surface area contributed by atoms with Crippen LogP contribution in [0.3, 0.4) is 0 Å². The largest absolute Gasteiger partial charge is 0.506 e. The van der Waals surface area contributed by atoms with E-state index in [0.717, 1.165) is 21.6 Å². The van der Waals surface area contributed by atoms with Crippen LogP contribution in [0.25, 0.3) is 0 Å². The van der Waals surface area contributed by atoms with Crippen LogP contribution in [-0.2, 0) is 9.78 Å². The molecule has 127 valence electrons. The molecule has 4 rings (SSSR count). The molecule has 0 aliphatic carbocycles. The second-order valence-electron chi connectivity index (χ2n) is 5.68. The molecule has 2 N–H and O–H groups in total. The van der Waals surface area contributed by atoms with Gasteiger partial charge in [-0.1, -0.05) is 53.5 Å². The van der Waals surface area contributed by atoms with E-state index in [1.54, 1.807) is 24.3 Å². The maximum Gasteiger partial charge on any atom is 0.160 e. The molecule has 3 aromatic carbocycles. The van der Waals surface area contributed by atoms with Crippen LogP contribution >= 0.6 is 35.2 Å². The summed E-state index contributed by atoms with van der Waals surface area (Å²) in [6.45, 7) is 0. The maximum absolute atomic E-state index is 9.78. The molecule has 7 heteroatoms. The molecule has 0 spiro atoms. The Morgan fingerprint density at radius 2 is 1.35 bits per heavy atom. The van der Waals surface area contributed by atoms with E-state index < -0.39 is 5.60 Å². The minimum atomic E-state index is -0.948. The molecule has 3 nitrogen and oxygen atoms in total. The van der Waals surface area contributed by atoms with Crippen LogP contribution in [0.4, 0.5) is 0 Å². The van der Waals surface area contributed by atoms with Crippen molar-refractivity contribution in [1.82, 2.24) is 0 Å². The fourth-order valence-corrected chi connectivity index (χ4v) is 4.30. The van der Waals surface area contributed by atoms with Gasteiger partial charge < -0.3 is 10.2 Å². The van der Waals surface area contributed by atoms with E-state index in [2.05, 4.69) is 0 Å². The van der Waals surface area contributed by atoms with Crippen molar-refractivity contribution in [1.29, 1.82) is 0 Å². The maximum atomic E-state index is 9.78. The summed E-state index contributed by atoms with van der Waals surface area (Å²) in [5, 5.41) is 20.0. The molecule has 1 heterocycles. The van der Waals surface area contributed by atoms with Gasteiger partial charge in [-0.15, -0.1) is 0 Å². The number of aromatic hydroxyl groups is 2. The number of benzene rings is 3. The summed E-state index contributed by atoms with van der Waals surface area (Å²) >= 11 is 13.6. The van der Waals surface area contributed by atoms with E-state index in [-0.39, 0.29) is 51.1 Å². The third-order valence-electron chi connectivity index (χ3n) is 4.23. The number of hydrogen-bond donors (Lipinski definition) is 2. The van der Waals surface area contributed by atoms with Gasteiger partial charge in [0.05, 0.1) is 10.0 Å². The van der Waals surface area contributed by atoms with E-state index in [0.29, 0.717) is 0 Å². The average Bonchev–Trinajstić information content (AvgIpc) is 3.00. The van der Waals surface area contributed by atoms with Gasteiger partial charge in [0.1, 0.15) is 11.5 Å². The zero-order valence-corrected chi connectivity index (χ0v) is 18.1. The quantitative estimate of drug-likeness (QED) is 0.438. The van der Waals surface area contributed by atoms with Gasteiger partial charge in [0.2, 0.25) is 0 Å². The number of phenols is 2. The Kier molecular flexibility index (Phi) is 5.85. The molecule has 1 aliphatic rings. The van der Waals surface area contributed by atoms with Crippen LogP contribution in [0.15, 0.2) is 65.6 Å². The summed E-state index contributed by atoms with van der Waals surface area (Å²) in [5.74, 6) is 0.00600. The van der Waals surface area contributed by atoms with Gasteiger partial charge in [0.25, 0.3) is 0 Å². The molecule has 3 aromatic rings. The second kappa shape index (κ2) is 7.64. The molecule has 0 unspecified atom stereocenters. The molecule has 0 aromatic heterocycles. The first kappa shape index (κ1) is 19.9. The van der Waals surface area contributed by atoms with Crippen LogP contribution < -0.4 is 0 Å². The van der Waals surface area contributed by atoms with Crippen LogP contribution in [0, 0.1) is 0 Å². The van der Waals surface area contributed by atoms with E-state index >= 15 is 0 Å². The summed E-state index contributed by atoms with van der Waals surface area (Å²) in [6.07, 6.45) is 0. The van der Waals surface area contributed by atoms with Crippen LogP contribution in [0.1, 0.15) is 16.7 Å². The molecule has 0 saturated carbocycles. The zero-order chi connectivity index (χ0) is 17.6. The van der Waals surface area contributed by atoms with Gasteiger partial charge in [0, 0.05) is 52.1 Å². The average molecular weight is 414 g/mol. The monoisotopic (exact) mass is 413 g/mol. The topological polar surface area (TPSA) is 49.7 Å². The predicted octanol–water partition coefficient (Wildman–Crippen LogP) is 5.35. The van der Waals surface area contributed by atoms with Gasteiger partial charge in [-0.2, -0.15) is 0 Å². The molecule has 0 fully saturated rings. The fourth-order valence-electron chi connectivity index (χ4n) is 3.01. The van der Waals surface area contributed by atoms with Crippen molar-refractivity contribution in [3.8, 4) is 11.5 Å². The Balaban J connectivity index is 0.00000196. The second-order valence-corrected chi connectivity index (χ2v) is 7.26. The molecular formula is C19H12Cl2NaO3S. The number of phenolic OH excluding ortho intramolecular Hbond substituents is 2. The summed E-state index contributed by atoms with van der Waals surface area (Å²) < 4.78 is 6.21. The minimum absolute atomic E-state index is 0. The number of halogens is 2. The van der Waals surface area contributed by atoms with Crippen molar-refractivity contribution in [2.24, 2.45) is 0 Å². The Hall–Kier alpha value is -0.850. The van der Waals surface area contributed by atoms with E-state index in [1.165, 1.54) is 24.2 Å². The van der Waals surface area contributed by atoms with Gasteiger partial charge in [-0.05, 0) is 41.5 Å². The molecule has 0 bridgehead atoms. The normalized spacial score (nSPS) is 14.5. The molecule has 0 atom stereocenters. The van der Waals surface area contributed by atoms with Crippen molar-refractivity contribution < 1.29 is 14.4 Å². The van der Waals surface area contributed by atoms with Crippen LogP contribution in [0.2, 0.25) is 10.0 Å². The van der Waals surface area contributed by atoms with Crippen molar-refractivity contribution in [3.05, 3.63) is 87.4 Å². The number of hydrogen-bond acceptors (Lipinski definition) is 4. The first-order chi connectivity index (χ1) is 12.0. The molecule has 0 amide bonds. The minimum Gasteiger partial charge on any atom is -0.506 e. The van der Waals surface area contributed by atoms with Crippen molar-refractivity contribution >= 4 is 64.8 Å². The van der Waals surface area contributed by atoms with Crippen molar-refractivity contribution in [3.63, 3.8) is 0 Å². The predicted molar refractivity (Wildman–Crippen MR) is 105 cm³/mol. The molecule has 26 heavy (non-hydrogen) atoms. The summed E-state index contributed by atoms with van der Waals surface area (Å²) in [6, 6.07) is 17.8. The first-order valence-electron chi connectivity index (χ1n) is 7.45. The Bertz CT molecular complexity index is 929. The Morgan fingerprint density at radius 1 is 0.808 bits per heavy atom. The SMILES string of the molecule is Oc1ccc(C2(c3ccc(O)c(Cl)c3)OSc3ccccc32)cc1Cl.[Na]. The van der Waals surface area contributed by atoms with Crippen molar-refractivity contribution in [2.45, 2.75) is 10.5 Å². The molecular weight excluding hydrogens is 402 g/mol. The summed E-state index contributed by atoms with van der Waals surface area (Å²) in [7, 11) is 0. The number of fused-ring (bicyclic) bond motifs is 1. The Labute approximate surface area is 187 Å². The third kappa shape index (κ3) is 3.14.